The third kappa shape index (κ3) is 17.7. The van der Waals surface area contributed by atoms with E-state index >= 15 is 0 Å². The monoisotopic (exact) mass is 342 g/mol. The lowest BCUT2D eigenvalue weighted by Gasteiger charge is -2.14. The molecule has 1 amide bonds. The largest absolute Gasteiger partial charge is 0.382 e. The minimum atomic E-state index is 0.196. The smallest absolute Gasteiger partial charge is 0.220 e. The zero-order valence-corrected chi connectivity index (χ0v) is 16.5. The zero-order valence-electron chi connectivity index (χ0n) is 16.5. The Morgan fingerprint density at radius 2 is 1.54 bits per heavy atom. The molecule has 24 heavy (non-hydrogen) atoms. The van der Waals surface area contributed by atoms with Crippen LogP contribution >= 0.6 is 0 Å². The third-order valence-electron chi connectivity index (χ3n) is 4.35. The van der Waals surface area contributed by atoms with Gasteiger partial charge in [0.05, 0.1) is 0 Å². The summed E-state index contributed by atoms with van der Waals surface area (Å²) in [7, 11) is 0. The lowest BCUT2D eigenvalue weighted by atomic mass is 10.1. The van der Waals surface area contributed by atoms with Crippen molar-refractivity contribution in [3.8, 4) is 0 Å². The molecule has 0 heterocycles. The highest BCUT2D eigenvalue weighted by Gasteiger charge is 2.03. The van der Waals surface area contributed by atoms with Crippen LogP contribution in [0.15, 0.2) is 0 Å². The highest BCUT2D eigenvalue weighted by atomic mass is 16.5. The second kappa shape index (κ2) is 18.7. The van der Waals surface area contributed by atoms with E-state index in [4.69, 9.17) is 4.74 Å². The van der Waals surface area contributed by atoms with Crippen LogP contribution in [-0.4, -0.2) is 38.3 Å². The Balaban J connectivity index is 3.26. The number of hydrogen-bond donors (Lipinski definition) is 2. The van der Waals surface area contributed by atoms with Gasteiger partial charge >= 0.3 is 0 Å². The molecule has 0 rings (SSSR count). The van der Waals surface area contributed by atoms with Crippen molar-refractivity contribution in [3.63, 3.8) is 0 Å². The molecule has 0 aliphatic heterocycles. The molecule has 2 N–H and O–H groups in total. The second-order valence-corrected chi connectivity index (χ2v) is 6.77. The van der Waals surface area contributed by atoms with Gasteiger partial charge in [-0.15, -0.1) is 0 Å². The normalized spacial score (nSPS) is 12.3. The lowest BCUT2D eigenvalue weighted by molar-refractivity contribution is -0.121. The summed E-state index contributed by atoms with van der Waals surface area (Å²) in [6.07, 6.45) is 13.3. The van der Waals surface area contributed by atoms with Crippen molar-refractivity contribution in [2.75, 3.05) is 26.3 Å². The van der Waals surface area contributed by atoms with E-state index in [0.717, 1.165) is 39.1 Å². The van der Waals surface area contributed by atoms with Crippen molar-refractivity contribution < 1.29 is 9.53 Å². The summed E-state index contributed by atoms with van der Waals surface area (Å²) in [6.45, 7) is 9.55. The Labute approximate surface area is 150 Å². The first kappa shape index (κ1) is 23.4. The van der Waals surface area contributed by atoms with Crippen LogP contribution in [0.2, 0.25) is 0 Å². The van der Waals surface area contributed by atoms with Crippen molar-refractivity contribution in [2.45, 2.75) is 97.4 Å². The van der Waals surface area contributed by atoms with E-state index < -0.39 is 0 Å². The highest BCUT2D eigenvalue weighted by Crippen LogP contribution is 2.10. The van der Waals surface area contributed by atoms with E-state index in [9.17, 15) is 4.79 Å². The third-order valence-corrected chi connectivity index (χ3v) is 4.35. The zero-order chi connectivity index (χ0) is 17.9. The van der Waals surface area contributed by atoms with Crippen LogP contribution in [0, 0.1) is 0 Å². The molecular formula is C20H42N2O2. The fourth-order valence-electron chi connectivity index (χ4n) is 2.71. The van der Waals surface area contributed by atoms with Crippen LogP contribution in [0.4, 0.5) is 0 Å². The van der Waals surface area contributed by atoms with Crippen LogP contribution in [0.25, 0.3) is 0 Å². The molecule has 1 atom stereocenters. The maximum absolute atomic E-state index is 11.7. The van der Waals surface area contributed by atoms with Crippen molar-refractivity contribution in [1.82, 2.24) is 10.6 Å². The molecule has 4 heteroatoms. The van der Waals surface area contributed by atoms with Gasteiger partial charge in [-0.2, -0.15) is 0 Å². The van der Waals surface area contributed by atoms with E-state index in [1.54, 1.807) is 0 Å². The molecule has 0 aliphatic rings. The van der Waals surface area contributed by atoms with E-state index in [2.05, 4.69) is 24.5 Å². The first-order chi connectivity index (χ1) is 11.7. The Kier molecular flexibility index (Phi) is 18.2. The maximum atomic E-state index is 11.7. The molecule has 0 fully saturated rings. The summed E-state index contributed by atoms with van der Waals surface area (Å²) < 4.78 is 5.34. The average Bonchev–Trinajstić information content (AvgIpc) is 2.57. The Morgan fingerprint density at radius 3 is 2.17 bits per heavy atom. The van der Waals surface area contributed by atoms with Gasteiger partial charge in [-0.25, -0.2) is 0 Å². The standard InChI is InChI=1S/C20H42N2O2/c1-4-6-7-8-9-10-11-12-13-14-20(23)22-17-16-21-19(3)15-18-24-5-2/h19,21H,4-18H2,1-3H3,(H,22,23). The molecule has 0 radical (unpaired) electrons. The number of unbranched alkanes of at least 4 members (excludes halogenated alkanes) is 8. The molecule has 0 saturated carbocycles. The Hall–Kier alpha value is -0.610. The van der Waals surface area contributed by atoms with Gasteiger partial charge in [-0.05, 0) is 26.7 Å². The minimum absolute atomic E-state index is 0.196. The molecule has 0 aliphatic carbocycles. The van der Waals surface area contributed by atoms with Crippen LogP contribution in [-0.2, 0) is 9.53 Å². The van der Waals surface area contributed by atoms with Gasteiger partial charge in [0.25, 0.3) is 0 Å². The summed E-state index contributed by atoms with van der Waals surface area (Å²) >= 11 is 0. The van der Waals surface area contributed by atoms with Crippen LogP contribution in [0.3, 0.4) is 0 Å². The van der Waals surface area contributed by atoms with Crippen LogP contribution < -0.4 is 10.6 Å². The lowest BCUT2D eigenvalue weighted by Crippen LogP contribution is -2.36. The Morgan fingerprint density at radius 1 is 0.917 bits per heavy atom. The fourth-order valence-corrected chi connectivity index (χ4v) is 2.71. The molecule has 144 valence electrons. The van der Waals surface area contributed by atoms with Gasteiger partial charge in [0.1, 0.15) is 0 Å². The van der Waals surface area contributed by atoms with Gasteiger partial charge in [0.15, 0.2) is 0 Å². The number of carbonyl (C=O) groups excluding carboxylic acids is 1. The predicted molar refractivity (Wildman–Crippen MR) is 103 cm³/mol. The summed E-state index contributed by atoms with van der Waals surface area (Å²) in [6, 6.07) is 0.436. The van der Waals surface area contributed by atoms with Gasteiger partial charge in [0, 0.05) is 38.8 Å². The topological polar surface area (TPSA) is 50.4 Å². The molecule has 0 aromatic heterocycles. The van der Waals surface area contributed by atoms with Crippen molar-refractivity contribution in [2.24, 2.45) is 0 Å². The molecule has 0 aromatic rings. The molecule has 0 aromatic carbocycles. The summed E-state index contributed by atoms with van der Waals surface area (Å²) in [4.78, 5) is 11.7. The average molecular weight is 343 g/mol. The molecular weight excluding hydrogens is 300 g/mol. The number of ether oxygens (including phenoxy) is 1. The summed E-state index contributed by atoms with van der Waals surface area (Å²) in [5, 5.41) is 6.40. The predicted octanol–water partition coefficient (Wildman–Crippen LogP) is 4.43. The summed E-state index contributed by atoms with van der Waals surface area (Å²) in [5.41, 5.74) is 0. The first-order valence-corrected chi connectivity index (χ1v) is 10.3. The quantitative estimate of drug-likeness (QED) is 0.362. The Bertz CT molecular complexity index is 272. The van der Waals surface area contributed by atoms with Gasteiger partial charge in [-0.3, -0.25) is 4.79 Å². The number of rotatable bonds is 18. The molecule has 1 unspecified atom stereocenters. The van der Waals surface area contributed by atoms with Crippen LogP contribution in [0.5, 0.6) is 0 Å². The second-order valence-electron chi connectivity index (χ2n) is 6.77. The molecule has 0 bridgehead atoms. The molecule has 0 saturated heterocycles. The molecule has 4 nitrogen and oxygen atoms in total. The van der Waals surface area contributed by atoms with Crippen LogP contribution in [0.1, 0.15) is 91.4 Å². The van der Waals surface area contributed by atoms with E-state index in [1.807, 2.05) is 6.92 Å². The van der Waals surface area contributed by atoms with Gasteiger partial charge in [-0.1, -0.05) is 58.3 Å². The first-order valence-electron chi connectivity index (χ1n) is 10.3. The maximum Gasteiger partial charge on any atom is 0.220 e. The highest BCUT2D eigenvalue weighted by molar-refractivity contribution is 5.75. The van der Waals surface area contributed by atoms with E-state index in [-0.39, 0.29) is 5.91 Å². The summed E-state index contributed by atoms with van der Waals surface area (Å²) in [5.74, 6) is 0.196. The van der Waals surface area contributed by atoms with Crippen molar-refractivity contribution >= 4 is 5.91 Å². The number of carbonyl (C=O) groups is 1. The minimum Gasteiger partial charge on any atom is -0.382 e. The van der Waals surface area contributed by atoms with E-state index in [0.29, 0.717) is 12.5 Å². The van der Waals surface area contributed by atoms with Gasteiger partial charge < -0.3 is 15.4 Å². The van der Waals surface area contributed by atoms with Crippen molar-refractivity contribution in [3.05, 3.63) is 0 Å². The number of hydrogen-bond acceptors (Lipinski definition) is 3. The van der Waals surface area contributed by atoms with Crippen molar-refractivity contribution in [1.29, 1.82) is 0 Å². The number of nitrogens with one attached hydrogen (secondary N) is 2. The fraction of sp³-hybridized carbons (Fsp3) is 0.950. The molecule has 0 spiro atoms. The SMILES string of the molecule is CCCCCCCCCCCC(=O)NCCNC(C)CCOCC. The number of amides is 1. The van der Waals surface area contributed by atoms with E-state index in [1.165, 1.54) is 51.4 Å². The van der Waals surface area contributed by atoms with Gasteiger partial charge in [0.2, 0.25) is 5.91 Å².